The van der Waals surface area contributed by atoms with Gasteiger partial charge in [0.25, 0.3) is 0 Å². The van der Waals surface area contributed by atoms with Crippen LogP contribution in [0.5, 0.6) is 5.75 Å². The van der Waals surface area contributed by atoms with Crippen LogP contribution in [0.25, 0.3) is 0 Å². The Hall–Kier alpha value is -1.99. The summed E-state index contributed by atoms with van der Waals surface area (Å²) in [7, 11) is -3.71. The van der Waals surface area contributed by atoms with Crippen LogP contribution in [0.2, 0.25) is 0 Å². The lowest BCUT2D eigenvalue weighted by molar-refractivity contribution is 0.321. The Balaban J connectivity index is 1.86. The molecule has 0 atom stereocenters. The van der Waals surface area contributed by atoms with Crippen molar-refractivity contribution in [2.75, 3.05) is 13.2 Å². The predicted octanol–water partition coefficient (Wildman–Crippen LogP) is 2.32. The fourth-order valence-electron chi connectivity index (χ4n) is 1.60. The Bertz CT molecular complexity index is 702. The molecule has 21 heavy (non-hydrogen) atoms. The van der Waals surface area contributed by atoms with Crippen molar-refractivity contribution >= 4 is 10.0 Å². The summed E-state index contributed by atoms with van der Waals surface area (Å²) in [5.41, 5.74) is 0. The van der Waals surface area contributed by atoms with Gasteiger partial charge in [0.05, 0.1) is 4.90 Å². The molecular formula is C14H13F2NO3S. The molecule has 0 saturated carbocycles. The van der Waals surface area contributed by atoms with Gasteiger partial charge in [0.15, 0.2) is 0 Å². The standard InChI is InChI=1S/C14H13F2NO3S/c15-11-4-6-14(7-5-11)21(18,19)17-8-9-20-13-3-1-2-12(16)10-13/h1-7,10,17H,8-9H2. The number of benzene rings is 2. The van der Waals surface area contributed by atoms with Crippen molar-refractivity contribution in [3.8, 4) is 5.75 Å². The van der Waals surface area contributed by atoms with E-state index in [1.807, 2.05) is 0 Å². The summed E-state index contributed by atoms with van der Waals surface area (Å²) >= 11 is 0. The molecule has 0 heterocycles. The summed E-state index contributed by atoms with van der Waals surface area (Å²) in [6.07, 6.45) is 0. The molecule has 0 aliphatic rings. The van der Waals surface area contributed by atoms with E-state index in [-0.39, 0.29) is 18.0 Å². The van der Waals surface area contributed by atoms with Gasteiger partial charge in [-0.05, 0) is 36.4 Å². The third-order valence-electron chi connectivity index (χ3n) is 2.58. The largest absolute Gasteiger partial charge is 0.492 e. The van der Waals surface area contributed by atoms with E-state index in [0.717, 1.165) is 12.1 Å². The van der Waals surface area contributed by atoms with Gasteiger partial charge < -0.3 is 4.74 Å². The molecule has 0 saturated heterocycles. The van der Waals surface area contributed by atoms with Crippen LogP contribution in [-0.2, 0) is 10.0 Å². The normalized spacial score (nSPS) is 11.3. The molecule has 0 bridgehead atoms. The quantitative estimate of drug-likeness (QED) is 0.833. The van der Waals surface area contributed by atoms with E-state index in [2.05, 4.69) is 4.72 Å². The molecule has 0 aliphatic heterocycles. The fourth-order valence-corrected chi connectivity index (χ4v) is 2.61. The van der Waals surface area contributed by atoms with Crippen molar-refractivity contribution in [1.29, 1.82) is 0 Å². The molecule has 0 amide bonds. The van der Waals surface area contributed by atoms with Gasteiger partial charge in [0, 0.05) is 12.6 Å². The van der Waals surface area contributed by atoms with Gasteiger partial charge in [-0.1, -0.05) is 6.07 Å². The van der Waals surface area contributed by atoms with E-state index in [1.54, 1.807) is 6.07 Å². The number of sulfonamides is 1. The van der Waals surface area contributed by atoms with Crippen LogP contribution in [0.3, 0.4) is 0 Å². The number of hydrogen-bond donors (Lipinski definition) is 1. The molecule has 0 fully saturated rings. The highest BCUT2D eigenvalue weighted by atomic mass is 32.2. The van der Waals surface area contributed by atoms with Crippen molar-refractivity contribution < 1.29 is 21.9 Å². The van der Waals surface area contributed by atoms with Gasteiger partial charge in [-0.2, -0.15) is 0 Å². The SMILES string of the molecule is O=S(=O)(NCCOc1cccc(F)c1)c1ccc(F)cc1. The van der Waals surface area contributed by atoms with Crippen LogP contribution in [0.4, 0.5) is 8.78 Å². The average Bonchev–Trinajstić information content (AvgIpc) is 2.44. The highest BCUT2D eigenvalue weighted by Gasteiger charge is 2.13. The first-order chi connectivity index (χ1) is 9.97. The first kappa shape index (κ1) is 15.4. The van der Waals surface area contributed by atoms with E-state index in [0.29, 0.717) is 5.75 Å². The highest BCUT2D eigenvalue weighted by Crippen LogP contribution is 2.12. The summed E-state index contributed by atoms with van der Waals surface area (Å²) in [5.74, 6) is -0.626. The maximum atomic E-state index is 12.9. The molecule has 0 spiro atoms. The minimum absolute atomic E-state index is 0.0101. The first-order valence-electron chi connectivity index (χ1n) is 6.11. The monoisotopic (exact) mass is 313 g/mol. The Morgan fingerprint density at radius 2 is 1.71 bits per heavy atom. The molecule has 0 radical (unpaired) electrons. The lowest BCUT2D eigenvalue weighted by Gasteiger charge is -2.08. The maximum absolute atomic E-state index is 12.9. The van der Waals surface area contributed by atoms with Crippen LogP contribution >= 0.6 is 0 Å². The molecule has 7 heteroatoms. The predicted molar refractivity (Wildman–Crippen MR) is 73.5 cm³/mol. The second-order valence-electron chi connectivity index (χ2n) is 4.16. The van der Waals surface area contributed by atoms with Crippen molar-refractivity contribution in [3.05, 3.63) is 60.2 Å². The van der Waals surface area contributed by atoms with Crippen LogP contribution in [0.1, 0.15) is 0 Å². The van der Waals surface area contributed by atoms with Crippen molar-refractivity contribution in [3.63, 3.8) is 0 Å². The summed E-state index contributed by atoms with van der Waals surface area (Å²) in [6.45, 7) is 0.0557. The number of rotatable bonds is 6. The van der Waals surface area contributed by atoms with Gasteiger partial charge >= 0.3 is 0 Å². The number of ether oxygens (including phenoxy) is 1. The number of hydrogen-bond acceptors (Lipinski definition) is 3. The molecule has 0 unspecified atom stereocenters. The van der Waals surface area contributed by atoms with E-state index in [1.165, 1.54) is 30.3 Å². The Labute approximate surface area is 121 Å². The second-order valence-corrected chi connectivity index (χ2v) is 5.92. The molecular weight excluding hydrogens is 300 g/mol. The lowest BCUT2D eigenvalue weighted by atomic mass is 10.3. The van der Waals surface area contributed by atoms with Crippen molar-refractivity contribution in [2.45, 2.75) is 4.90 Å². The molecule has 2 aromatic rings. The minimum Gasteiger partial charge on any atom is -0.492 e. The summed E-state index contributed by atoms with van der Waals surface area (Å²) < 4.78 is 56.9. The van der Waals surface area contributed by atoms with Crippen molar-refractivity contribution in [2.24, 2.45) is 0 Å². The Morgan fingerprint density at radius 3 is 2.38 bits per heavy atom. The zero-order chi connectivity index (χ0) is 15.3. The Morgan fingerprint density at radius 1 is 1.00 bits per heavy atom. The smallest absolute Gasteiger partial charge is 0.240 e. The van der Waals surface area contributed by atoms with E-state index in [9.17, 15) is 17.2 Å². The maximum Gasteiger partial charge on any atom is 0.240 e. The molecule has 112 valence electrons. The summed E-state index contributed by atoms with van der Waals surface area (Å²) in [5, 5.41) is 0. The third kappa shape index (κ3) is 4.51. The van der Waals surface area contributed by atoms with Gasteiger partial charge in [-0.15, -0.1) is 0 Å². The zero-order valence-corrected chi connectivity index (χ0v) is 11.7. The third-order valence-corrected chi connectivity index (χ3v) is 4.06. The average molecular weight is 313 g/mol. The molecule has 1 N–H and O–H groups in total. The van der Waals surface area contributed by atoms with E-state index < -0.39 is 21.7 Å². The van der Waals surface area contributed by atoms with Crippen LogP contribution in [0.15, 0.2) is 53.4 Å². The molecule has 4 nitrogen and oxygen atoms in total. The zero-order valence-electron chi connectivity index (χ0n) is 10.9. The second kappa shape index (κ2) is 6.64. The lowest BCUT2D eigenvalue weighted by Crippen LogP contribution is -2.28. The topological polar surface area (TPSA) is 55.4 Å². The fraction of sp³-hybridized carbons (Fsp3) is 0.143. The summed E-state index contributed by atoms with van der Waals surface area (Å²) in [6, 6.07) is 10.0. The molecule has 2 aromatic carbocycles. The van der Waals surface area contributed by atoms with Gasteiger partial charge in [0.2, 0.25) is 10.0 Å². The first-order valence-corrected chi connectivity index (χ1v) is 7.59. The molecule has 0 aromatic heterocycles. The number of halogens is 2. The Kier molecular flexibility index (Phi) is 4.87. The van der Waals surface area contributed by atoms with E-state index in [4.69, 9.17) is 4.74 Å². The van der Waals surface area contributed by atoms with Crippen LogP contribution in [-0.4, -0.2) is 21.6 Å². The molecule has 0 aliphatic carbocycles. The summed E-state index contributed by atoms with van der Waals surface area (Å²) in [4.78, 5) is -0.0327. The van der Waals surface area contributed by atoms with Crippen molar-refractivity contribution in [1.82, 2.24) is 4.72 Å². The van der Waals surface area contributed by atoms with Crippen LogP contribution < -0.4 is 9.46 Å². The van der Waals surface area contributed by atoms with E-state index >= 15 is 0 Å². The van der Waals surface area contributed by atoms with Gasteiger partial charge in [-0.25, -0.2) is 21.9 Å². The highest BCUT2D eigenvalue weighted by molar-refractivity contribution is 7.89. The van der Waals surface area contributed by atoms with Crippen LogP contribution in [0, 0.1) is 11.6 Å². The molecule has 2 rings (SSSR count). The van der Waals surface area contributed by atoms with Gasteiger partial charge in [-0.3, -0.25) is 0 Å². The van der Waals surface area contributed by atoms with Gasteiger partial charge in [0.1, 0.15) is 24.0 Å². The number of nitrogens with one attached hydrogen (secondary N) is 1. The minimum atomic E-state index is -3.71.